The molecule has 1 heterocycles. The summed E-state index contributed by atoms with van der Waals surface area (Å²) in [5.41, 5.74) is 1.55. The van der Waals surface area contributed by atoms with Crippen LogP contribution >= 0.6 is 0 Å². The van der Waals surface area contributed by atoms with E-state index in [2.05, 4.69) is 17.4 Å². The third-order valence-corrected chi connectivity index (χ3v) is 4.68. The van der Waals surface area contributed by atoms with Crippen molar-refractivity contribution in [2.24, 2.45) is 7.05 Å². The fraction of sp³-hybridized carbons (Fsp3) is 0.368. The van der Waals surface area contributed by atoms with E-state index in [1.807, 2.05) is 18.2 Å². The first-order valence-electron chi connectivity index (χ1n) is 8.17. The van der Waals surface area contributed by atoms with E-state index >= 15 is 0 Å². The van der Waals surface area contributed by atoms with Gasteiger partial charge in [0.05, 0.1) is 0 Å². The quantitative estimate of drug-likeness (QED) is 0.948. The summed E-state index contributed by atoms with van der Waals surface area (Å²) in [6.45, 7) is 0. The van der Waals surface area contributed by atoms with E-state index in [4.69, 9.17) is 0 Å². The third-order valence-electron chi connectivity index (χ3n) is 4.68. The van der Waals surface area contributed by atoms with Crippen molar-refractivity contribution in [3.05, 3.63) is 70.1 Å². The molecule has 2 unspecified atom stereocenters. The Morgan fingerprint density at radius 2 is 1.87 bits per heavy atom. The number of nitrogens with zero attached hydrogens (tertiary/aromatic N) is 1. The van der Waals surface area contributed by atoms with Crippen molar-refractivity contribution in [2.45, 2.75) is 37.6 Å². The zero-order valence-corrected chi connectivity index (χ0v) is 13.4. The normalized spacial score (nSPS) is 20.9. The number of hydrogen-bond donors (Lipinski definition) is 1. The van der Waals surface area contributed by atoms with E-state index in [1.165, 1.54) is 22.6 Å². The highest BCUT2D eigenvalue weighted by Crippen LogP contribution is 2.33. The summed E-state index contributed by atoms with van der Waals surface area (Å²) in [7, 11) is 1.68. The number of rotatable bonds is 3. The summed E-state index contributed by atoms with van der Waals surface area (Å²) in [6.07, 6.45) is 6.02. The molecule has 0 spiro atoms. The van der Waals surface area contributed by atoms with Crippen LogP contribution in [0.25, 0.3) is 0 Å². The summed E-state index contributed by atoms with van der Waals surface area (Å²) in [5.74, 6) is 0.191. The van der Waals surface area contributed by atoms with Gasteiger partial charge in [-0.15, -0.1) is 0 Å². The molecule has 23 heavy (non-hydrogen) atoms. The Morgan fingerprint density at radius 1 is 1.13 bits per heavy atom. The maximum absolute atomic E-state index is 12.5. The number of benzene rings is 1. The Balaban J connectivity index is 1.77. The molecule has 1 amide bonds. The Labute approximate surface area is 136 Å². The molecule has 1 aliphatic rings. The molecule has 0 bridgehead atoms. The Bertz CT molecular complexity index is 737. The number of hydrogen-bond acceptors (Lipinski definition) is 2. The van der Waals surface area contributed by atoms with Crippen LogP contribution in [0.1, 0.15) is 47.5 Å². The van der Waals surface area contributed by atoms with Crippen LogP contribution in [0.2, 0.25) is 0 Å². The zero-order valence-electron chi connectivity index (χ0n) is 13.4. The van der Waals surface area contributed by atoms with Gasteiger partial charge in [0.25, 0.3) is 11.5 Å². The fourth-order valence-electron chi connectivity index (χ4n) is 3.34. The van der Waals surface area contributed by atoms with Crippen molar-refractivity contribution in [3.8, 4) is 0 Å². The fourth-order valence-corrected chi connectivity index (χ4v) is 3.34. The van der Waals surface area contributed by atoms with Gasteiger partial charge in [-0.3, -0.25) is 9.59 Å². The highest BCUT2D eigenvalue weighted by molar-refractivity contribution is 5.94. The Morgan fingerprint density at radius 3 is 2.61 bits per heavy atom. The number of carbonyl (C=O) groups excluding carboxylic acids is 1. The summed E-state index contributed by atoms with van der Waals surface area (Å²) in [5, 5.41) is 3.14. The second kappa shape index (κ2) is 6.82. The van der Waals surface area contributed by atoms with Crippen LogP contribution in [0, 0.1) is 0 Å². The van der Waals surface area contributed by atoms with Gasteiger partial charge >= 0.3 is 0 Å². The number of aryl methyl sites for hydroxylation is 1. The number of carbonyl (C=O) groups is 1. The van der Waals surface area contributed by atoms with Gasteiger partial charge < -0.3 is 9.88 Å². The average Bonchev–Trinajstić information content (AvgIpc) is 2.58. The molecule has 4 nitrogen and oxygen atoms in total. The van der Waals surface area contributed by atoms with Gasteiger partial charge in [0.15, 0.2) is 0 Å². The van der Waals surface area contributed by atoms with E-state index < -0.39 is 0 Å². The first-order valence-corrected chi connectivity index (χ1v) is 8.17. The van der Waals surface area contributed by atoms with E-state index in [0.717, 1.165) is 19.3 Å². The van der Waals surface area contributed by atoms with Crippen LogP contribution in [0.5, 0.6) is 0 Å². The lowest BCUT2D eigenvalue weighted by Crippen LogP contribution is -2.41. The van der Waals surface area contributed by atoms with Crippen LogP contribution in [0.3, 0.4) is 0 Å². The van der Waals surface area contributed by atoms with E-state index in [1.54, 1.807) is 19.3 Å². The van der Waals surface area contributed by atoms with Gasteiger partial charge in [-0.2, -0.15) is 0 Å². The van der Waals surface area contributed by atoms with Gasteiger partial charge in [0, 0.05) is 36.8 Å². The molecule has 1 saturated carbocycles. The predicted octanol–water partition coefficient (Wildman–Crippen LogP) is 2.84. The number of aromatic nitrogens is 1. The van der Waals surface area contributed by atoms with Crippen LogP contribution in [-0.2, 0) is 7.05 Å². The molecule has 1 aliphatic carbocycles. The predicted molar refractivity (Wildman–Crippen MR) is 90.6 cm³/mol. The average molecular weight is 310 g/mol. The van der Waals surface area contributed by atoms with E-state index in [9.17, 15) is 9.59 Å². The molecular weight excluding hydrogens is 288 g/mol. The van der Waals surface area contributed by atoms with E-state index in [-0.39, 0.29) is 17.5 Å². The first-order chi connectivity index (χ1) is 11.1. The molecule has 1 fully saturated rings. The van der Waals surface area contributed by atoms with Gasteiger partial charge in [-0.25, -0.2) is 0 Å². The molecule has 0 radical (unpaired) electrons. The largest absolute Gasteiger partial charge is 0.349 e. The monoisotopic (exact) mass is 310 g/mol. The van der Waals surface area contributed by atoms with Gasteiger partial charge in [-0.05, 0) is 24.5 Å². The first kappa shape index (κ1) is 15.5. The number of pyridine rings is 1. The molecule has 4 heteroatoms. The van der Waals surface area contributed by atoms with Crippen molar-refractivity contribution in [1.82, 2.24) is 9.88 Å². The second-order valence-electron chi connectivity index (χ2n) is 6.25. The summed E-state index contributed by atoms with van der Waals surface area (Å²) in [4.78, 5) is 24.2. The summed E-state index contributed by atoms with van der Waals surface area (Å²) in [6, 6.07) is 13.6. The molecule has 120 valence electrons. The van der Waals surface area contributed by atoms with E-state index in [0.29, 0.717) is 11.5 Å². The zero-order chi connectivity index (χ0) is 16.2. The molecular formula is C19H22N2O2. The third kappa shape index (κ3) is 3.52. The minimum absolute atomic E-state index is 0.128. The minimum Gasteiger partial charge on any atom is -0.349 e. The lowest BCUT2D eigenvalue weighted by molar-refractivity contribution is 0.0920. The lowest BCUT2D eigenvalue weighted by atomic mass is 9.80. The van der Waals surface area contributed by atoms with Gasteiger partial charge in [-0.1, -0.05) is 43.2 Å². The Kier molecular flexibility index (Phi) is 4.60. The maximum atomic E-state index is 12.5. The smallest absolute Gasteiger partial charge is 0.251 e. The Hall–Kier alpha value is -2.36. The van der Waals surface area contributed by atoms with Crippen LogP contribution in [-0.4, -0.2) is 16.5 Å². The molecule has 3 rings (SSSR count). The number of nitrogens with one attached hydrogen (secondary N) is 1. The van der Waals surface area contributed by atoms with Crippen LogP contribution in [0.4, 0.5) is 0 Å². The van der Waals surface area contributed by atoms with Gasteiger partial charge in [0.2, 0.25) is 0 Å². The van der Waals surface area contributed by atoms with Crippen LogP contribution < -0.4 is 10.9 Å². The molecule has 0 saturated heterocycles. The molecule has 1 N–H and O–H groups in total. The SMILES string of the molecule is Cn1ccc(C(=O)NC2CCCCC2c2ccccc2)cc1=O. The minimum atomic E-state index is -0.166. The summed E-state index contributed by atoms with van der Waals surface area (Å²) >= 11 is 0. The highest BCUT2D eigenvalue weighted by Gasteiger charge is 2.28. The topological polar surface area (TPSA) is 51.1 Å². The van der Waals surface area contributed by atoms with Crippen molar-refractivity contribution >= 4 is 5.91 Å². The van der Waals surface area contributed by atoms with Crippen molar-refractivity contribution in [2.75, 3.05) is 0 Å². The molecule has 0 aliphatic heterocycles. The number of amides is 1. The maximum Gasteiger partial charge on any atom is 0.251 e. The second-order valence-corrected chi connectivity index (χ2v) is 6.25. The highest BCUT2D eigenvalue weighted by atomic mass is 16.2. The van der Waals surface area contributed by atoms with Crippen molar-refractivity contribution in [3.63, 3.8) is 0 Å². The molecule has 1 aromatic carbocycles. The van der Waals surface area contributed by atoms with Crippen molar-refractivity contribution in [1.29, 1.82) is 0 Å². The molecule has 2 atom stereocenters. The standard InChI is InChI=1S/C19H22N2O2/c1-21-12-11-15(13-18(21)22)19(23)20-17-10-6-5-9-16(17)14-7-3-2-4-8-14/h2-4,7-8,11-13,16-17H,5-6,9-10H2,1H3,(H,20,23). The van der Waals surface area contributed by atoms with Crippen molar-refractivity contribution < 1.29 is 4.79 Å². The van der Waals surface area contributed by atoms with Gasteiger partial charge in [0.1, 0.15) is 0 Å². The molecule has 2 aromatic rings. The molecule has 1 aromatic heterocycles. The lowest BCUT2D eigenvalue weighted by Gasteiger charge is -2.32. The van der Waals surface area contributed by atoms with Crippen LogP contribution in [0.15, 0.2) is 53.5 Å². The summed E-state index contributed by atoms with van der Waals surface area (Å²) < 4.78 is 1.46.